The van der Waals surface area contributed by atoms with Crippen LogP contribution < -0.4 is 5.32 Å². The first kappa shape index (κ1) is 20.4. The second-order valence-electron chi connectivity index (χ2n) is 8.10. The fraction of sp³-hybridized carbons (Fsp3) is 0.417. The monoisotopic (exact) mass is 407 g/mol. The van der Waals surface area contributed by atoms with Crippen molar-refractivity contribution in [3.05, 3.63) is 64.7 Å². The maximum atomic E-state index is 13.3. The van der Waals surface area contributed by atoms with E-state index in [0.717, 1.165) is 49.9 Å². The lowest BCUT2D eigenvalue weighted by Gasteiger charge is -2.30. The fourth-order valence-corrected chi connectivity index (χ4v) is 4.69. The van der Waals surface area contributed by atoms with E-state index in [1.807, 2.05) is 36.1 Å². The molecule has 0 radical (unpaired) electrons. The second kappa shape index (κ2) is 8.88. The molecular formula is C24H29N3O3. The van der Waals surface area contributed by atoms with Crippen LogP contribution in [0.25, 0.3) is 0 Å². The molecule has 0 spiro atoms. The number of nitrogens with one attached hydrogen (secondary N) is 1. The third-order valence-electron chi connectivity index (χ3n) is 6.20. The summed E-state index contributed by atoms with van der Waals surface area (Å²) >= 11 is 0. The van der Waals surface area contributed by atoms with Crippen molar-refractivity contribution in [3.8, 4) is 0 Å². The molecule has 4 rings (SSSR count). The van der Waals surface area contributed by atoms with Crippen molar-refractivity contribution in [2.75, 3.05) is 31.6 Å². The number of carbonyl (C=O) groups is 2. The van der Waals surface area contributed by atoms with Crippen LogP contribution in [0.15, 0.2) is 42.5 Å². The van der Waals surface area contributed by atoms with Crippen molar-refractivity contribution in [1.82, 2.24) is 9.80 Å². The molecule has 30 heavy (non-hydrogen) atoms. The lowest BCUT2D eigenvalue weighted by atomic mass is 10.0. The van der Waals surface area contributed by atoms with Gasteiger partial charge in [-0.15, -0.1) is 0 Å². The summed E-state index contributed by atoms with van der Waals surface area (Å²) in [5.41, 5.74) is 4.33. The van der Waals surface area contributed by atoms with Crippen molar-refractivity contribution < 1.29 is 14.7 Å². The third-order valence-corrected chi connectivity index (χ3v) is 6.20. The number of aliphatic hydroxyl groups excluding tert-OH is 1. The molecule has 0 unspecified atom stereocenters. The Kier molecular flexibility index (Phi) is 6.04. The molecule has 2 aliphatic rings. The summed E-state index contributed by atoms with van der Waals surface area (Å²) in [7, 11) is 0. The highest BCUT2D eigenvalue weighted by Crippen LogP contribution is 2.36. The van der Waals surface area contributed by atoms with E-state index in [9.17, 15) is 14.7 Å². The second-order valence-corrected chi connectivity index (χ2v) is 8.10. The molecule has 0 bridgehead atoms. The molecule has 2 aromatic carbocycles. The van der Waals surface area contributed by atoms with Gasteiger partial charge in [0.2, 0.25) is 0 Å². The zero-order valence-corrected chi connectivity index (χ0v) is 17.4. The van der Waals surface area contributed by atoms with Gasteiger partial charge in [0.25, 0.3) is 5.91 Å². The van der Waals surface area contributed by atoms with Crippen LogP contribution in [0.2, 0.25) is 0 Å². The van der Waals surface area contributed by atoms with Crippen LogP contribution in [0.3, 0.4) is 0 Å². The van der Waals surface area contributed by atoms with E-state index in [-0.39, 0.29) is 31.1 Å². The SMILES string of the molecule is Cc1cccc(NC(=O)N(CCO)[C@@H]2CCc3ccccc32)c1C(=O)N1CCCC1. The standard InChI is InChI=1S/C24H29N3O3/c1-17-7-6-10-20(22(17)23(29)26-13-4-5-14-26)25-24(30)27(15-16-28)21-12-11-18-8-2-3-9-19(18)21/h2-3,6-10,21,28H,4-5,11-16H2,1H3,(H,25,30)/t21-/m1/s1. The van der Waals surface area contributed by atoms with Crippen LogP contribution in [0.5, 0.6) is 0 Å². The average Bonchev–Trinajstić information content (AvgIpc) is 3.42. The lowest BCUT2D eigenvalue weighted by Crippen LogP contribution is -2.40. The Morgan fingerprint density at radius 1 is 1.13 bits per heavy atom. The number of amides is 3. The average molecular weight is 408 g/mol. The van der Waals surface area contributed by atoms with Crippen molar-refractivity contribution in [2.45, 2.75) is 38.6 Å². The molecule has 0 aromatic heterocycles. The minimum absolute atomic E-state index is 0.0270. The highest BCUT2D eigenvalue weighted by atomic mass is 16.3. The molecule has 1 atom stereocenters. The minimum Gasteiger partial charge on any atom is -0.395 e. The van der Waals surface area contributed by atoms with Crippen LogP contribution in [0.1, 0.15) is 52.4 Å². The normalized spacial score (nSPS) is 17.7. The van der Waals surface area contributed by atoms with Gasteiger partial charge in [-0.05, 0) is 55.4 Å². The molecule has 1 aliphatic heterocycles. The summed E-state index contributed by atoms with van der Waals surface area (Å²) < 4.78 is 0. The molecule has 3 amide bonds. The Morgan fingerprint density at radius 2 is 1.90 bits per heavy atom. The summed E-state index contributed by atoms with van der Waals surface area (Å²) in [4.78, 5) is 29.9. The summed E-state index contributed by atoms with van der Waals surface area (Å²) in [5, 5.41) is 12.6. The first-order chi connectivity index (χ1) is 14.6. The number of hydrogen-bond acceptors (Lipinski definition) is 3. The number of likely N-dealkylation sites (tertiary alicyclic amines) is 1. The number of rotatable bonds is 5. The number of urea groups is 1. The highest BCUT2D eigenvalue weighted by molar-refractivity contribution is 6.04. The number of anilines is 1. The molecule has 6 heteroatoms. The minimum atomic E-state index is -0.285. The topological polar surface area (TPSA) is 72.9 Å². The summed E-state index contributed by atoms with van der Waals surface area (Å²) in [6, 6.07) is 13.3. The number of fused-ring (bicyclic) bond motifs is 1. The first-order valence-corrected chi connectivity index (χ1v) is 10.8. The lowest BCUT2D eigenvalue weighted by molar-refractivity contribution is 0.0793. The zero-order valence-electron chi connectivity index (χ0n) is 17.4. The zero-order chi connectivity index (χ0) is 21.1. The van der Waals surface area contributed by atoms with Crippen LogP contribution in [0, 0.1) is 6.92 Å². The highest BCUT2D eigenvalue weighted by Gasteiger charge is 2.31. The smallest absolute Gasteiger partial charge is 0.322 e. The van der Waals surface area contributed by atoms with E-state index >= 15 is 0 Å². The van der Waals surface area contributed by atoms with Crippen LogP contribution in [-0.2, 0) is 6.42 Å². The number of nitrogens with zero attached hydrogens (tertiary/aromatic N) is 2. The van der Waals surface area contributed by atoms with Gasteiger partial charge in [0.05, 0.1) is 23.9 Å². The predicted octanol–water partition coefficient (Wildman–Crippen LogP) is 3.74. The van der Waals surface area contributed by atoms with E-state index in [2.05, 4.69) is 17.4 Å². The molecule has 1 heterocycles. The van der Waals surface area contributed by atoms with Gasteiger partial charge in [-0.2, -0.15) is 0 Å². The van der Waals surface area contributed by atoms with E-state index in [1.165, 1.54) is 5.56 Å². The largest absolute Gasteiger partial charge is 0.395 e. The number of aliphatic hydroxyl groups is 1. The molecular weight excluding hydrogens is 378 g/mol. The van der Waals surface area contributed by atoms with Gasteiger partial charge in [0, 0.05) is 19.6 Å². The molecule has 2 aromatic rings. The Bertz CT molecular complexity index is 937. The Balaban J connectivity index is 1.59. The van der Waals surface area contributed by atoms with Crippen molar-refractivity contribution in [2.24, 2.45) is 0 Å². The van der Waals surface area contributed by atoms with Crippen LogP contribution in [0.4, 0.5) is 10.5 Å². The van der Waals surface area contributed by atoms with Gasteiger partial charge in [0.15, 0.2) is 0 Å². The van der Waals surface area contributed by atoms with Crippen molar-refractivity contribution in [3.63, 3.8) is 0 Å². The van der Waals surface area contributed by atoms with E-state index in [4.69, 9.17) is 0 Å². The Hall–Kier alpha value is -2.86. The van der Waals surface area contributed by atoms with Crippen LogP contribution in [-0.4, -0.2) is 53.1 Å². The van der Waals surface area contributed by atoms with Gasteiger partial charge >= 0.3 is 6.03 Å². The quantitative estimate of drug-likeness (QED) is 0.793. The number of benzene rings is 2. The molecule has 1 fully saturated rings. The van der Waals surface area contributed by atoms with Gasteiger partial charge < -0.3 is 20.2 Å². The Labute approximate surface area is 177 Å². The molecule has 1 aliphatic carbocycles. The molecule has 0 saturated carbocycles. The van der Waals surface area contributed by atoms with Crippen molar-refractivity contribution in [1.29, 1.82) is 0 Å². The predicted molar refractivity (Wildman–Crippen MR) is 117 cm³/mol. The maximum Gasteiger partial charge on any atom is 0.322 e. The fourth-order valence-electron chi connectivity index (χ4n) is 4.69. The molecule has 158 valence electrons. The summed E-state index contributed by atoms with van der Waals surface area (Å²) in [6.07, 6.45) is 3.79. The number of aryl methyl sites for hydroxylation is 2. The summed E-state index contributed by atoms with van der Waals surface area (Å²) in [5.74, 6) is -0.0270. The van der Waals surface area contributed by atoms with Gasteiger partial charge in [0.1, 0.15) is 0 Å². The van der Waals surface area contributed by atoms with E-state index < -0.39 is 0 Å². The molecule has 2 N–H and O–H groups in total. The van der Waals surface area contributed by atoms with Crippen LogP contribution >= 0.6 is 0 Å². The molecule has 1 saturated heterocycles. The van der Waals surface area contributed by atoms with E-state index in [1.54, 1.807) is 11.0 Å². The Morgan fingerprint density at radius 3 is 2.67 bits per heavy atom. The maximum absolute atomic E-state index is 13.3. The third kappa shape index (κ3) is 3.92. The number of hydrogen-bond donors (Lipinski definition) is 2. The van der Waals surface area contributed by atoms with E-state index in [0.29, 0.717) is 11.3 Å². The summed E-state index contributed by atoms with van der Waals surface area (Å²) in [6.45, 7) is 3.55. The van der Waals surface area contributed by atoms with Crippen molar-refractivity contribution >= 4 is 17.6 Å². The first-order valence-electron chi connectivity index (χ1n) is 10.8. The van der Waals surface area contributed by atoms with Gasteiger partial charge in [-0.3, -0.25) is 4.79 Å². The molecule has 6 nitrogen and oxygen atoms in total. The van der Waals surface area contributed by atoms with Gasteiger partial charge in [-0.1, -0.05) is 36.4 Å². The number of carbonyl (C=O) groups excluding carboxylic acids is 2. The van der Waals surface area contributed by atoms with Gasteiger partial charge in [-0.25, -0.2) is 4.79 Å².